The van der Waals surface area contributed by atoms with Crippen LogP contribution in [0.2, 0.25) is 0 Å². The monoisotopic (exact) mass is 375 g/mol. The van der Waals surface area contributed by atoms with Gasteiger partial charge in [-0.25, -0.2) is 15.0 Å². The van der Waals surface area contributed by atoms with Gasteiger partial charge in [0.2, 0.25) is 5.91 Å². The van der Waals surface area contributed by atoms with E-state index >= 15 is 0 Å². The Labute approximate surface area is 159 Å². The number of nitrogens with one attached hydrogen (secondary N) is 1. The van der Waals surface area contributed by atoms with Crippen molar-refractivity contribution in [2.45, 2.75) is 19.8 Å². The zero-order valence-electron chi connectivity index (χ0n) is 14.7. The molecule has 0 radical (unpaired) electrons. The fraction of sp³-hybridized carbons (Fsp3) is 0.200. The average Bonchev–Trinajstić information content (AvgIpc) is 3.32. The van der Waals surface area contributed by atoms with Gasteiger partial charge in [0.25, 0.3) is 0 Å². The molecule has 1 unspecified atom stereocenters. The van der Waals surface area contributed by atoms with Gasteiger partial charge in [-0.05, 0) is 55.7 Å². The maximum absolute atomic E-state index is 12.6. The van der Waals surface area contributed by atoms with Crippen LogP contribution in [0.5, 0.6) is 0 Å². The Morgan fingerprint density at radius 1 is 1.19 bits per heavy atom. The molecule has 1 aliphatic rings. The van der Waals surface area contributed by atoms with E-state index in [0.29, 0.717) is 5.82 Å². The van der Waals surface area contributed by atoms with Crippen LogP contribution in [0.25, 0.3) is 16.2 Å². The van der Waals surface area contributed by atoms with Crippen molar-refractivity contribution in [3.63, 3.8) is 0 Å². The normalized spacial score (nSPS) is 15.8. The van der Waals surface area contributed by atoms with Gasteiger partial charge < -0.3 is 5.32 Å². The number of aryl methyl sites for hydroxylation is 1. The first-order valence-electron chi connectivity index (χ1n) is 8.83. The maximum atomic E-state index is 12.6. The summed E-state index contributed by atoms with van der Waals surface area (Å²) >= 11 is 1.74. The number of carbonyl (C=O) groups excluding carboxylic acids is 1. The summed E-state index contributed by atoms with van der Waals surface area (Å²) in [4.78, 5) is 26.9. The number of anilines is 1. The summed E-state index contributed by atoms with van der Waals surface area (Å²) in [5, 5.41) is 4.05. The molecule has 0 saturated heterocycles. The number of thiophene rings is 1. The second-order valence-electron chi connectivity index (χ2n) is 6.68. The van der Waals surface area contributed by atoms with Gasteiger partial charge in [0, 0.05) is 23.2 Å². The standard InChI is InChI=1S/C20H17N5OS/c1-12-23-19-15(5-4-8-22-19)25(12)18-11-13-9-14(10-16(13)27-18)20(26)24-17-6-2-3-7-21-17/h2-8,11,14H,9-10H2,1H3,(H,21,24,26). The van der Waals surface area contributed by atoms with Crippen molar-refractivity contribution in [3.8, 4) is 5.00 Å². The number of amides is 1. The summed E-state index contributed by atoms with van der Waals surface area (Å²) in [6.45, 7) is 2.00. The number of pyridine rings is 2. The SMILES string of the molecule is Cc1nc2ncccc2n1-c1cc2c(s1)CC(C(=O)Nc1ccccn1)C2. The zero-order chi connectivity index (χ0) is 18.4. The van der Waals surface area contributed by atoms with Crippen molar-refractivity contribution in [3.05, 3.63) is 65.1 Å². The molecule has 4 aromatic rings. The van der Waals surface area contributed by atoms with E-state index in [9.17, 15) is 4.79 Å². The van der Waals surface area contributed by atoms with Crippen LogP contribution >= 0.6 is 11.3 Å². The zero-order valence-corrected chi connectivity index (χ0v) is 15.5. The summed E-state index contributed by atoms with van der Waals surface area (Å²) < 4.78 is 2.15. The fourth-order valence-corrected chi connectivity index (χ4v) is 4.96. The van der Waals surface area contributed by atoms with Crippen molar-refractivity contribution in [1.29, 1.82) is 0 Å². The molecule has 4 heterocycles. The number of aromatic nitrogens is 4. The van der Waals surface area contributed by atoms with Crippen LogP contribution in [0, 0.1) is 12.8 Å². The summed E-state index contributed by atoms with van der Waals surface area (Å²) in [6.07, 6.45) is 4.97. The highest BCUT2D eigenvalue weighted by molar-refractivity contribution is 7.14. The van der Waals surface area contributed by atoms with E-state index in [2.05, 4.69) is 30.9 Å². The van der Waals surface area contributed by atoms with E-state index in [1.165, 1.54) is 10.4 Å². The molecule has 0 saturated carbocycles. The van der Waals surface area contributed by atoms with E-state index in [1.54, 1.807) is 23.7 Å². The predicted octanol–water partition coefficient (Wildman–Crippen LogP) is 3.54. The molecule has 27 heavy (non-hydrogen) atoms. The number of rotatable bonds is 3. The molecular formula is C20H17N5OS. The largest absolute Gasteiger partial charge is 0.310 e. The number of imidazole rings is 1. The third kappa shape index (κ3) is 2.80. The van der Waals surface area contributed by atoms with E-state index in [0.717, 1.165) is 34.8 Å². The van der Waals surface area contributed by atoms with Gasteiger partial charge in [0.05, 0.1) is 5.52 Å². The van der Waals surface area contributed by atoms with Gasteiger partial charge in [0.1, 0.15) is 16.6 Å². The van der Waals surface area contributed by atoms with Gasteiger partial charge in [-0.3, -0.25) is 9.36 Å². The molecule has 6 nitrogen and oxygen atoms in total. The Kier molecular flexibility index (Phi) is 3.75. The van der Waals surface area contributed by atoms with Crippen LogP contribution in [0.15, 0.2) is 48.8 Å². The van der Waals surface area contributed by atoms with E-state index in [1.807, 2.05) is 37.3 Å². The molecule has 0 spiro atoms. The van der Waals surface area contributed by atoms with Gasteiger partial charge in [-0.1, -0.05) is 6.07 Å². The second-order valence-corrected chi connectivity index (χ2v) is 7.80. The lowest BCUT2D eigenvalue weighted by Gasteiger charge is -2.10. The van der Waals surface area contributed by atoms with Crippen molar-refractivity contribution in [2.24, 2.45) is 5.92 Å². The molecule has 0 aromatic carbocycles. The average molecular weight is 375 g/mol. The minimum Gasteiger partial charge on any atom is -0.310 e. The lowest BCUT2D eigenvalue weighted by Crippen LogP contribution is -2.23. The molecule has 4 aromatic heterocycles. The van der Waals surface area contributed by atoms with Crippen LogP contribution < -0.4 is 5.32 Å². The van der Waals surface area contributed by atoms with Crippen molar-refractivity contribution in [1.82, 2.24) is 19.5 Å². The minimum atomic E-state index is -0.0374. The first kappa shape index (κ1) is 16.1. The maximum Gasteiger partial charge on any atom is 0.229 e. The smallest absolute Gasteiger partial charge is 0.229 e. The Bertz CT molecular complexity index is 1120. The first-order chi connectivity index (χ1) is 13.2. The molecule has 1 amide bonds. The van der Waals surface area contributed by atoms with Crippen LogP contribution in [-0.4, -0.2) is 25.4 Å². The molecule has 1 atom stereocenters. The minimum absolute atomic E-state index is 0.0344. The Hall–Kier alpha value is -3.06. The highest BCUT2D eigenvalue weighted by Gasteiger charge is 2.30. The van der Waals surface area contributed by atoms with Gasteiger partial charge in [-0.2, -0.15) is 0 Å². The number of fused-ring (bicyclic) bond motifs is 2. The Morgan fingerprint density at radius 2 is 2.07 bits per heavy atom. The third-order valence-corrected chi connectivity index (χ3v) is 6.07. The van der Waals surface area contributed by atoms with Gasteiger partial charge in [-0.15, -0.1) is 11.3 Å². The molecule has 1 aliphatic carbocycles. The van der Waals surface area contributed by atoms with Crippen LogP contribution in [0.3, 0.4) is 0 Å². The number of nitrogens with zero attached hydrogens (tertiary/aromatic N) is 4. The lowest BCUT2D eigenvalue weighted by atomic mass is 10.1. The number of hydrogen-bond donors (Lipinski definition) is 1. The predicted molar refractivity (Wildman–Crippen MR) is 105 cm³/mol. The quantitative estimate of drug-likeness (QED) is 0.594. The van der Waals surface area contributed by atoms with Crippen LogP contribution in [0.1, 0.15) is 16.3 Å². The van der Waals surface area contributed by atoms with E-state index < -0.39 is 0 Å². The van der Waals surface area contributed by atoms with Crippen molar-refractivity contribution in [2.75, 3.05) is 5.32 Å². The summed E-state index contributed by atoms with van der Waals surface area (Å²) in [5.41, 5.74) is 3.02. The lowest BCUT2D eigenvalue weighted by molar-refractivity contribution is -0.119. The number of carbonyl (C=O) groups is 1. The molecule has 0 aliphatic heterocycles. The molecule has 134 valence electrons. The van der Waals surface area contributed by atoms with Crippen LogP contribution in [-0.2, 0) is 17.6 Å². The highest BCUT2D eigenvalue weighted by Crippen LogP contribution is 2.37. The third-order valence-electron chi connectivity index (χ3n) is 4.89. The second kappa shape index (κ2) is 6.28. The van der Waals surface area contributed by atoms with Crippen molar-refractivity contribution >= 4 is 34.2 Å². The molecule has 1 N–H and O–H groups in total. The molecule has 0 fully saturated rings. The summed E-state index contributed by atoms with van der Waals surface area (Å²) in [5.74, 6) is 1.52. The van der Waals surface area contributed by atoms with E-state index in [-0.39, 0.29) is 11.8 Å². The Balaban J connectivity index is 1.39. The topological polar surface area (TPSA) is 72.7 Å². The molecule has 7 heteroatoms. The molecule has 0 bridgehead atoms. The van der Waals surface area contributed by atoms with Gasteiger partial charge in [0.15, 0.2) is 5.65 Å². The number of hydrogen-bond acceptors (Lipinski definition) is 5. The summed E-state index contributed by atoms with van der Waals surface area (Å²) in [6, 6.07) is 11.7. The molecule has 5 rings (SSSR count). The van der Waals surface area contributed by atoms with E-state index in [4.69, 9.17) is 0 Å². The summed E-state index contributed by atoms with van der Waals surface area (Å²) in [7, 11) is 0. The molecular weight excluding hydrogens is 358 g/mol. The van der Waals surface area contributed by atoms with Crippen molar-refractivity contribution < 1.29 is 4.79 Å². The van der Waals surface area contributed by atoms with Gasteiger partial charge >= 0.3 is 0 Å². The van der Waals surface area contributed by atoms with Crippen LogP contribution in [0.4, 0.5) is 5.82 Å². The highest BCUT2D eigenvalue weighted by atomic mass is 32.1. The Morgan fingerprint density at radius 3 is 2.89 bits per heavy atom. The fourth-order valence-electron chi connectivity index (χ4n) is 3.62. The first-order valence-corrected chi connectivity index (χ1v) is 9.64.